The summed E-state index contributed by atoms with van der Waals surface area (Å²) < 4.78 is 14.1. The van der Waals surface area contributed by atoms with Gasteiger partial charge in [-0.2, -0.15) is 0 Å². The molecule has 3 saturated heterocycles. The SMILES string of the molecule is C[C@@H]1CCC2=C3C=CC[C@H]4CC5=C6[C@@H](C7=C2[C@]28C(=O)O/C(=C\C[C@H](C)N9C[C@@H]%10C[C@H](C9)[C@@H](CC5)N6C%10)[C@@]2(CC7)[C@]2(OC(=O)c5c(CCCN)cccc52)[C@H]8C1)[C@@H]34. The largest absolute Gasteiger partial charge is 0.449 e. The van der Waals surface area contributed by atoms with Gasteiger partial charge in [-0.1, -0.05) is 48.4 Å². The smallest absolute Gasteiger partial charge is 0.339 e. The predicted octanol–water partition coefficient (Wildman–Crippen LogP) is 7.88. The first-order valence-electron chi connectivity index (χ1n) is 22.7. The minimum atomic E-state index is -0.955. The number of piperidine rings is 2. The second kappa shape index (κ2) is 11.2. The van der Waals surface area contributed by atoms with Crippen LogP contribution < -0.4 is 5.73 Å². The van der Waals surface area contributed by atoms with E-state index in [2.05, 4.69) is 60.1 Å². The first kappa shape index (κ1) is 33.5. The van der Waals surface area contributed by atoms with Gasteiger partial charge >= 0.3 is 11.9 Å². The Morgan fingerprint density at radius 1 is 1.00 bits per heavy atom. The molecule has 2 N–H and O–H groups in total. The van der Waals surface area contributed by atoms with Crippen LogP contribution in [0.5, 0.6) is 0 Å². The lowest BCUT2D eigenvalue weighted by Gasteiger charge is -2.72. The molecule has 9 aliphatic heterocycles. The van der Waals surface area contributed by atoms with E-state index < -0.39 is 16.4 Å². The van der Waals surface area contributed by atoms with Crippen LogP contribution in [-0.4, -0.2) is 60.0 Å². The molecule has 0 radical (unpaired) electrons. The Balaban J connectivity index is 1.13. The lowest BCUT2D eigenvalue weighted by atomic mass is 9.27. The van der Waals surface area contributed by atoms with Gasteiger partial charge in [0.2, 0.25) is 0 Å². The summed E-state index contributed by atoms with van der Waals surface area (Å²) >= 11 is 0. The van der Waals surface area contributed by atoms with Crippen LogP contribution in [0.25, 0.3) is 0 Å². The summed E-state index contributed by atoms with van der Waals surface area (Å²) in [5.41, 5.74) is 15.6. The second-order valence-corrected chi connectivity index (χ2v) is 20.5. The van der Waals surface area contributed by atoms with Gasteiger partial charge in [0.05, 0.1) is 11.0 Å². The van der Waals surface area contributed by atoms with Gasteiger partial charge in [-0.3, -0.25) is 9.69 Å². The summed E-state index contributed by atoms with van der Waals surface area (Å²) in [4.78, 5) is 36.2. The van der Waals surface area contributed by atoms with Crippen molar-refractivity contribution in [3.05, 3.63) is 92.4 Å². The number of rotatable bonds is 3. The Bertz CT molecular complexity index is 2190. The molecule has 0 amide bonds. The van der Waals surface area contributed by atoms with Crippen molar-refractivity contribution in [2.75, 3.05) is 26.2 Å². The lowest BCUT2D eigenvalue weighted by molar-refractivity contribution is -0.278. The number of aryl methyl sites for hydroxylation is 1. The van der Waals surface area contributed by atoms with Crippen molar-refractivity contribution < 1.29 is 19.1 Å². The summed E-state index contributed by atoms with van der Waals surface area (Å²) in [7, 11) is 0. The molecule has 3 spiro atoms. The van der Waals surface area contributed by atoms with Crippen molar-refractivity contribution in [3.63, 3.8) is 0 Å². The first-order chi connectivity index (χ1) is 27.3. The monoisotopic (exact) mass is 751 g/mol. The number of ether oxygens (including phenoxy) is 2. The molecule has 16 rings (SSSR count). The Morgan fingerprint density at radius 3 is 2.80 bits per heavy atom. The standard InChI is InChI=1S/C49H57N3O4/c1-26-11-14-34-33-9-3-7-30-22-31-13-15-37-32-21-28-23-51(25-32)27(2)12-16-39-47-18-17-35(42(40(30)33)44(31)52(37)24-28)43(34)48(47,46(54)55-39)38(20-26)49(47)36-10-4-6-29(8-5-19-50)41(36)45(53)56-49/h3-4,6,9-10,16,26-28,30,32,37-38,40,42H,5,7-8,11-15,17-25,50H2,1-2H3/b39-16-/t26-,27+,28+,30+,32-,37-,38+,40-,42+,47-,48-,49-/m1/s1. The van der Waals surface area contributed by atoms with E-state index in [0.717, 1.165) is 93.3 Å². The van der Waals surface area contributed by atoms with Crippen LogP contribution in [0.15, 0.2) is 75.7 Å². The molecule has 12 bridgehead atoms. The van der Waals surface area contributed by atoms with Crippen LogP contribution in [0, 0.1) is 52.3 Å². The molecule has 5 fully saturated rings. The average Bonchev–Trinajstić information content (AvgIpc) is 3.65. The van der Waals surface area contributed by atoms with Crippen molar-refractivity contribution in [2.45, 2.75) is 115 Å². The molecule has 292 valence electrons. The molecular formula is C49H57N3O4. The molecule has 15 aliphatic rings. The highest BCUT2D eigenvalue weighted by Gasteiger charge is 2.93. The van der Waals surface area contributed by atoms with E-state index >= 15 is 4.79 Å². The maximum atomic E-state index is 15.8. The average molecular weight is 752 g/mol. The van der Waals surface area contributed by atoms with E-state index in [1.165, 1.54) is 48.9 Å². The molecule has 9 heterocycles. The van der Waals surface area contributed by atoms with Gasteiger partial charge in [-0.25, -0.2) is 4.79 Å². The Hall–Kier alpha value is -3.42. The molecule has 13 atom stereocenters. The summed E-state index contributed by atoms with van der Waals surface area (Å²) in [6.45, 7) is 8.84. The fraction of sp³-hybridized carbons (Fsp3) is 0.633. The van der Waals surface area contributed by atoms with Crippen LogP contribution in [0.1, 0.15) is 112 Å². The summed E-state index contributed by atoms with van der Waals surface area (Å²) in [6.07, 6.45) is 20.6. The van der Waals surface area contributed by atoms with Gasteiger partial charge in [-0.15, -0.1) is 0 Å². The summed E-state index contributed by atoms with van der Waals surface area (Å²) in [6, 6.07) is 7.37. The highest BCUT2D eigenvalue weighted by atomic mass is 16.6. The van der Waals surface area contributed by atoms with Gasteiger partial charge in [0.1, 0.15) is 11.2 Å². The van der Waals surface area contributed by atoms with E-state index in [1.54, 1.807) is 16.8 Å². The van der Waals surface area contributed by atoms with E-state index in [-0.39, 0.29) is 17.9 Å². The zero-order chi connectivity index (χ0) is 37.5. The van der Waals surface area contributed by atoms with Crippen LogP contribution in [0.4, 0.5) is 0 Å². The minimum absolute atomic E-state index is 0.0642. The fourth-order valence-electron chi connectivity index (χ4n) is 16.7. The molecule has 7 heteroatoms. The number of carbonyl (C=O) groups excluding carboxylic acids is 2. The normalized spacial score (nSPS) is 46.6. The molecule has 2 saturated carbocycles. The fourth-order valence-corrected chi connectivity index (χ4v) is 16.7. The number of allylic oxidation sites excluding steroid dienone is 6. The second-order valence-electron chi connectivity index (χ2n) is 20.5. The van der Waals surface area contributed by atoms with Crippen molar-refractivity contribution in [1.29, 1.82) is 0 Å². The van der Waals surface area contributed by atoms with Gasteiger partial charge in [0, 0.05) is 54.8 Å². The van der Waals surface area contributed by atoms with Gasteiger partial charge in [0.25, 0.3) is 0 Å². The zero-order valence-corrected chi connectivity index (χ0v) is 33.3. The topological polar surface area (TPSA) is 85.1 Å². The van der Waals surface area contributed by atoms with Crippen molar-refractivity contribution in [2.24, 2.45) is 58.0 Å². The van der Waals surface area contributed by atoms with Crippen molar-refractivity contribution in [3.8, 4) is 0 Å². The third kappa shape index (κ3) is 3.65. The molecule has 6 aliphatic carbocycles. The third-order valence-electron chi connectivity index (χ3n) is 18.4. The highest BCUT2D eigenvalue weighted by molar-refractivity contribution is 6.01. The zero-order valence-electron chi connectivity index (χ0n) is 33.3. The van der Waals surface area contributed by atoms with Crippen molar-refractivity contribution >= 4 is 11.9 Å². The number of nitrogens with zero attached hydrogens (tertiary/aromatic N) is 2. The molecule has 1 aromatic carbocycles. The molecule has 56 heavy (non-hydrogen) atoms. The number of hydrogen-bond acceptors (Lipinski definition) is 7. The van der Waals surface area contributed by atoms with Crippen LogP contribution in [-0.2, 0) is 26.3 Å². The molecule has 1 aromatic rings. The molecule has 7 nitrogen and oxygen atoms in total. The van der Waals surface area contributed by atoms with E-state index in [9.17, 15) is 4.79 Å². The lowest BCUT2D eigenvalue weighted by Crippen LogP contribution is -2.77. The summed E-state index contributed by atoms with van der Waals surface area (Å²) in [5.74, 6) is 3.51. The first-order valence-corrected chi connectivity index (χ1v) is 22.7. The van der Waals surface area contributed by atoms with Crippen LogP contribution in [0.3, 0.4) is 0 Å². The van der Waals surface area contributed by atoms with Crippen LogP contribution in [0.2, 0.25) is 0 Å². The highest BCUT2D eigenvalue weighted by Crippen LogP contribution is 2.88. The number of fused-ring (bicyclic) bond motifs is 3. The predicted molar refractivity (Wildman–Crippen MR) is 213 cm³/mol. The van der Waals surface area contributed by atoms with Crippen LogP contribution >= 0.6 is 0 Å². The molecule has 1 unspecified atom stereocenters. The Morgan fingerprint density at radius 2 is 1.91 bits per heavy atom. The van der Waals surface area contributed by atoms with Crippen molar-refractivity contribution in [1.82, 2.24) is 9.80 Å². The van der Waals surface area contributed by atoms with Gasteiger partial charge in [0.15, 0.2) is 5.60 Å². The van der Waals surface area contributed by atoms with E-state index in [1.807, 2.05) is 0 Å². The number of benzene rings is 1. The van der Waals surface area contributed by atoms with Gasteiger partial charge < -0.3 is 20.1 Å². The number of carbonyl (C=O) groups is 2. The maximum absolute atomic E-state index is 15.8. The number of esters is 2. The van der Waals surface area contributed by atoms with E-state index in [4.69, 9.17) is 15.2 Å². The van der Waals surface area contributed by atoms with E-state index in [0.29, 0.717) is 54.1 Å². The number of hydrogen-bond donors (Lipinski definition) is 1. The van der Waals surface area contributed by atoms with Gasteiger partial charge in [-0.05, 0) is 155 Å². The third-order valence-corrected chi connectivity index (χ3v) is 18.4. The summed E-state index contributed by atoms with van der Waals surface area (Å²) in [5, 5.41) is 0. The minimum Gasteiger partial charge on any atom is -0.449 e. The molecule has 0 aromatic heterocycles. The Kier molecular flexibility index (Phi) is 6.70. The Labute approximate surface area is 331 Å². The maximum Gasteiger partial charge on any atom is 0.339 e. The quantitative estimate of drug-likeness (QED) is 0.315. The number of nitrogens with two attached hydrogens (primary N) is 1. The molecular weight excluding hydrogens is 695 g/mol.